The first kappa shape index (κ1) is 25.9. The molecule has 1 unspecified atom stereocenters. The lowest BCUT2D eigenvalue weighted by atomic mass is 9.96. The van der Waals surface area contributed by atoms with Crippen molar-refractivity contribution in [2.45, 2.75) is 34.1 Å². The van der Waals surface area contributed by atoms with Gasteiger partial charge in [-0.3, -0.25) is 14.7 Å². The summed E-state index contributed by atoms with van der Waals surface area (Å²) in [6, 6.07) is 16.1. The number of hydrogen-bond donors (Lipinski definition) is 3. The molecule has 0 aliphatic carbocycles. The highest BCUT2D eigenvalue weighted by Crippen LogP contribution is 2.41. The summed E-state index contributed by atoms with van der Waals surface area (Å²) in [6.07, 6.45) is 0.344. The molecule has 0 spiro atoms. The van der Waals surface area contributed by atoms with Crippen LogP contribution >= 0.6 is 11.6 Å². The molecular weight excluding hydrogens is 492 g/mol. The van der Waals surface area contributed by atoms with Gasteiger partial charge in [0.05, 0.1) is 17.3 Å². The summed E-state index contributed by atoms with van der Waals surface area (Å²) in [4.78, 5) is 24.3. The van der Waals surface area contributed by atoms with Gasteiger partial charge in [0.25, 0.3) is 5.56 Å². The SMILES string of the molecule is Cc1cc(C)cc(-n2[nH]c(C)c(N=Nc3cc(Cl)cc(-c4cccc(CC(C)C(=O)O)c4)c3O)c2=O)c1. The number of aromatic hydroxyl groups is 1. The number of azo groups is 1. The number of hydrogen-bond acceptors (Lipinski definition) is 5. The van der Waals surface area contributed by atoms with Gasteiger partial charge in [-0.15, -0.1) is 10.2 Å². The maximum atomic E-state index is 13.1. The number of aliphatic carboxylic acids is 1. The van der Waals surface area contributed by atoms with Gasteiger partial charge in [0.15, 0.2) is 11.4 Å². The Morgan fingerprint density at radius 2 is 1.76 bits per heavy atom. The van der Waals surface area contributed by atoms with E-state index in [9.17, 15) is 19.8 Å². The van der Waals surface area contributed by atoms with Crippen molar-refractivity contribution in [1.29, 1.82) is 0 Å². The first-order valence-electron chi connectivity index (χ1n) is 11.7. The summed E-state index contributed by atoms with van der Waals surface area (Å²) < 4.78 is 1.41. The van der Waals surface area contributed by atoms with Gasteiger partial charge in [-0.25, -0.2) is 4.68 Å². The summed E-state index contributed by atoms with van der Waals surface area (Å²) >= 11 is 6.33. The number of carboxylic acid groups (broad SMARTS) is 1. The van der Waals surface area contributed by atoms with Gasteiger partial charge in [-0.1, -0.05) is 48.9 Å². The molecule has 0 saturated heterocycles. The lowest BCUT2D eigenvalue weighted by molar-refractivity contribution is -0.141. The van der Waals surface area contributed by atoms with E-state index >= 15 is 0 Å². The van der Waals surface area contributed by atoms with Crippen molar-refractivity contribution in [3.63, 3.8) is 0 Å². The number of benzene rings is 3. The predicted molar refractivity (Wildman–Crippen MR) is 144 cm³/mol. The molecule has 0 aliphatic heterocycles. The summed E-state index contributed by atoms with van der Waals surface area (Å²) in [5, 5.41) is 31.9. The van der Waals surface area contributed by atoms with Crippen LogP contribution in [-0.2, 0) is 11.2 Å². The van der Waals surface area contributed by atoms with Gasteiger partial charge < -0.3 is 10.2 Å². The molecule has 3 N–H and O–H groups in total. The molecule has 0 amide bonds. The van der Waals surface area contributed by atoms with E-state index in [4.69, 9.17) is 11.6 Å². The van der Waals surface area contributed by atoms with Crippen molar-refractivity contribution >= 4 is 28.9 Å². The topological polar surface area (TPSA) is 120 Å². The lowest BCUT2D eigenvalue weighted by Crippen LogP contribution is -2.14. The van der Waals surface area contributed by atoms with Gasteiger partial charge in [0.1, 0.15) is 5.69 Å². The van der Waals surface area contributed by atoms with E-state index in [0.29, 0.717) is 34.0 Å². The van der Waals surface area contributed by atoms with Crippen LogP contribution in [0.5, 0.6) is 5.75 Å². The van der Waals surface area contributed by atoms with Crippen LogP contribution in [0.1, 0.15) is 29.3 Å². The van der Waals surface area contributed by atoms with E-state index in [-0.39, 0.29) is 22.7 Å². The second kappa shape index (κ2) is 10.4. The van der Waals surface area contributed by atoms with Crippen LogP contribution in [0.15, 0.2) is 69.6 Å². The molecule has 4 rings (SSSR count). The molecular formula is C28H27ClN4O4. The first-order chi connectivity index (χ1) is 17.5. The average molecular weight is 519 g/mol. The van der Waals surface area contributed by atoms with Crippen molar-refractivity contribution in [3.05, 3.63) is 92.4 Å². The number of halogens is 1. The summed E-state index contributed by atoms with van der Waals surface area (Å²) in [7, 11) is 0. The average Bonchev–Trinajstić information content (AvgIpc) is 3.12. The number of aromatic amines is 1. The van der Waals surface area contributed by atoms with Crippen LogP contribution in [0.4, 0.5) is 11.4 Å². The second-order valence-corrected chi connectivity index (χ2v) is 9.67. The smallest absolute Gasteiger partial charge is 0.306 e. The Kier molecular flexibility index (Phi) is 7.31. The zero-order valence-electron chi connectivity index (χ0n) is 20.9. The fourth-order valence-electron chi connectivity index (χ4n) is 4.21. The van der Waals surface area contributed by atoms with Crippen LogP contribution in [0.25, 0.3) is 16.8 Å². The Hall–Kier alpha value is -4.17. The summed E-state index contributed by atoms with van der Waals surface area (Å²) in [5.74, 6) is -1.58. The Bertz CT molecular complexity index is 1570. The van der Waals surface area contributed by atoms with Gasteiger partial charge >= 0.3 is 5.97 Å². The Balaban J connectivity index is 1.70. The largest absolute Gasteiger partial charge is 0.505 e. The van der Waals surface area contributed by atoms with Crippen molar-refractivity contribution in [2.24, 2.45) is 16.1 Å². The number of phenolic OH excluding ortho intramolecular Hbond substituents is 1. The van der Waals surface area contributed by atoms with E-state index in [0.717, 1.165) is 16.7 Å². The Labute approximate surface area is 218 Å². The quantitative estimate of drug-likeness (QED) is 0.233. The molecule has 190 valence electrons. The van der Waals surface area contributed by atoms with Crippen LogP contribution in [0.3, 0.4) is 0 Å². The van der Waals surface area contributed by atoms with Gasteiger partial charge in [0.2, 0.25) is 0 Å². The van der Waals surface area contributed by atoms with E-state index in [1.807, 2.05) is 44.2 Å². The molecule has 8 nitrogen and oxygen atoms in total. The third-order valence-corrected chi connectivity index (χ3v) is 6.24. The molecule has 0 bridgehead atoms. The van der Waals surface area contributed by atoms with Crippen LogP contribution in [0.2, 0.25) is 5.02 Å². The lowest BCUT2D eigenvalue weighted by Gasteiger charge is -2.11. The highest BCUT2D eigenvalue weighted by atomic mass is 35.5. The third kappa shape index (κ3) is 5.65. The minimum absolute atomic E-state index is 0.102. The van der Waals surface area contributed by atoms with Crippen LogP contribution in [-0.4, -0.2) is 26.0 Å². The van der Waals surface area contributed by atoms with E-state index < -0.39 is 11.9 Å². The molecule has 0 radical (unpaired) electrons. The molecule has 0 fully saturated rings. The number of carbonyl (C=O) groups is 1. The third-order valence-electron chi connectivity index (χ3n) is 6.02. The van der Waals surface area contributed by atoms with Crippen molar-refractivity contribution < 1.29 is 15.0 Å². The minimum Gasteiger partial charge on any atom is -0.505 e. The van der Waals surface area contributed by atoms with Crippen molar-refractivity contribution in [3.8, 4) is 22.6 Å². The van der Waals surface area contributed by atoms with Crippen LogP contribution in [0, 0.1) is 26.7 Å². The highest BCUT2D eigenvalue weighted by Gasteiger charge is 2.16. The molecule has 3 aromatic carbocycles. The first-order valence-corrected chi connectivity index (χ1v) is 12.1. The monoisotopic (exact) mass is 518 g/mol. The van der Waals surface area contributed by atoms with Crippen molar-refractivity contribution in [1.82, 2.24) is 9.78 Å². The number of aromatic nitrogens is 2. The summed E-state index contributed by atoms with van der Waals surface area (Å²) in [5.41, 5.74) is 5.00. The number of phenols is 1. The molecule has 1 aromatic heterocycles. The maximum absolute atomic E-state index is 13.1. The molecule has 37 heavy (non-hydrogen) atoms. The van der Waals surface area contributed by atoms with E-state index in [1.165, 1.54) is 10.7 Å². The van der Waals surface area contributed by atoms with Gasteiger partial charge in [0, 0.05) is 10.6 Å². The number of H-pyrrole nitrogens is 1. The number of nitrogens with one attached hydrogen (secondary N) is 1. The Morgan fingerprint density at radius 1 is 1.05 bits per heavy atom. The standard InChI is InChI=1S/C28H27ClN4O4/c1-15-8-16(2)10-22(9-15)33-27(35)25(18(4)32-33)31-30-24-14-21(29)13-23(26(24)34)20-7-5-6-19(12-20)11-17(3)28(36)37/h5-10,12-14,17,32,34H,11H2,1-4H3,(H,36,37). The zero-order chi connectivity index (χ0) is 26.9. The molecule has 0 saturated carbocycles. The molecule has 1 atom stereocenters. The molecule has 4 aromatic rings. The number of carboxylic acids is 1. The molecule has 9 heteroatoms. The fraction of sp³-hybridized carbons (Fsp3) is 0.214. The number of nitrogens with zero attached hydrogens (tertiary/aromatic N) is 3. The van der Waals surface area contributed by atoms with Crippen LogP contribution < -0.4 is 5.56 Å². The van der Waals surface area contributed by atoms with Crippen molar-refractivity contribution in [2.75, 3.05) is 0 Å². The highest BCUT2D eigenvalue weighted by molar-refractivity contribution is 6.31. The molecule has 1 heterocycles. The summed E-state index contributed by atoms with van der Waals surface area (Å²) in [6.45, 7) is 7.28. The number of rotatable bonds is 7. The second-order valence-electron chi connectivity index (χ2n) is 9.24. The Morgan fingerprint density at radius 3 is 2.43 bits per heavy atom. The van der Waals surface area contributed by atoms with Gasteiger partial charge in [-0.2, -0.15) is 0 Å². The minimum atomic E-state index is -0.879. The number of aryl methyl sites for hydroxylation is 3. The molecule has 0 aliphatic rings. The van der Waals surface area contributed by atoms with E-state index in [1.54, 1.807) is 32.0 Å². The predicted octanol–water partition coefficient (Wildman–Crippen LogP) is 6.80. The van der Waals surface area contributed by atoms with E-state index in [2.05, 4.69) is 15.3 Å². The maximum Gasteiger partial charge on any atom is 0.306 e. The zero-order valence-corrected chi connectivity index (χ0v) is 21.7. The normalized spacial score (nSPS) is 12.2. The fourth-order valence-corrected chi connectivity index (χ4v) is 4.42. The van der Waals surface area contributed by atoms with Gasteiger partial charge in [-0.05, 0) is 73.7 Å².